The Morgan fingerprint density at radius 1 is 1.30 bits per heavy atom. The number of rotatable bonds is 7. The van der Waals surface area contributed by atoms with Gasteiger partial charge in [-0.25, -0.2) is 0 Å². The number of aromatic nitrogens is 3. The first kappa shape index (κ1) is 15.4. The molecule has 1 aromatic rings. The van der Waals surface area contributed by atoms with Crippen molar-refractivity contribution < 1.29 is 0 Å². The first-order chi connectivity index (χ1) is 9.63. The molecule has 1 saturated heterocycles. The minimum atomic E-state index is 0.673. The minimum Gasteiger partial charge on any atom is -0.311 e. The van der Waals surface area contributed by atoms with Gasteiger partial charge in [0, 0.05) is 19.3 Å². The molecule has 1 N–H and O–H groups in total. The molecule has 2 rings (SSSR count). The highest BCUT2D eigenvalue weighted by molar-refractivity contribution is 4.91. The average Bonchev–Trinajstić information content (AvgIpc) is 2.86. The lowest BCUT2D eigenvalue weighted by Gasteiger charge is -2.29. The SMILES string of the molecule is CC(C)CNCc1cn(CCN2CCC(C)CC2)nn1. The van der Waals surface area contributed by atoms with E-state index in [0.717, 1.165) is 37.8 Å². The van der Waals surface area contributed by atoms with E-state index in [0.29, 0.717) is 5.92 Å². The highest BCUT2D eigenvalue weighted by Gasteiger charge is 2.15. The molecular weight excluding hydrogens is 250 g/mol. The minimum absolute atomic E-state index is 0.673. The Balaban J connectivity index is 1.67. The van der Waals surface area contributed by atoms with Crippen LogP contribution in [0.25, 0.3) is 0 Å². The van der Waals surface area contributed by atoms with Gasteiger partial charge in [0.25, 0.3) is 0 Å². The van der Waals surface area contributed by atoms with Crippen LogP contribution in [0.5, 0.6) is 0 Å². The van der Waals surface area contributed by atoms with Gasteiger partial charge in [-0.3, -0.25) is 4.68 Å². The molecule has 0 amide bonds. The third-order valence-electron chi connectivity index (χ3n) is 3.97. The molecule has 0 atom stereocenters. The average molecular weight is 279 g/mol. The predicted molar refractivity (Wildman–Crippen MR) is 81.4 cm³/mol. The summed E-state index contributed by atoms with van der Waals surface area (Å²) >= 11 is 0. The zero-order chi connectivity index (χ0) is 14.4. The zero-order valence-corrected chi connectivity index (χ0v) is 13.2. The summed E-state index contributed by atoms with van der Waals surface area (Å²) in [4.78, 5) is 2.54. The summed E-state index contributed by atoms with van der Waals surface area (Å²) in [5, 5.41) is 11.8. The lowest BCUT2D eigenvalue weighted by Crippen LogP contribution is -2.35. The third kappa shape index (κ3) is 5.21. The maximum atomic E-state index is 4.22. The second-order valence-electron chi connectivity index (χ2n) is 6.52. The molecule has 5 heteroatoms. The lowest BCUT2D eigenvalue weighted by atomic mass is 9.99. The van der Waals surface area contributed by atoms with Gasteiger partial charge in [-0.1, -0.05) is 26.0 Å². The molecule has 2 heterocycles. The number of nitrogens with one attached hydrogen (secondary N) is 1. The van der Waals surface area contributed by atoms with E-state index in [9.17, 15) is 0 Å². The van der Waals surface area contributed by atoms with Crippen LogP contribution in [0.2, 0.25) is 0 Å². The topological polar surface area (TPSA) is 46.0 Å². The molecule has 5 nitrogen and oxygen atoms in total. The van der Waals surface area contributed by atoms with Crippen LogP contribution in [0.3, 0.4) is 0 Å². The summed E-state index contributed by atoms with van der Waals surface area (Å²) in [6.45, 7) is 13.1. The van der Waals surface area contributed by atoms with Crippen LogP contribution in [0.1, 0.15) is 39.3 Å². The van der Waals surface area contributed by atoms with Crippen molar-refractivity contribution in [1.29, 1.82) is 0 Å². The Kier molecular flexibility index (Phi) is 5.98. The van der Waals surface area contributed by atoms with Crippen molar-refractivity contribution in [3.63, 3.8) is 0 Å². The first-order valence-corrected chi connectivity index (χ1v) is 7.95. The molecule has 114 valence electrons. The van der Waals surface area contributed by atoms with E-state index < -0.39 is 0 Å². The summed E-state index contributed by atoms with van der Waals surface area (Å²) in [6.07, 6.45) is 4.74. The summed E-state index contributed by atoms with van der Waals surface area (Å²) in [6, 6.07) is 0. The largest absolute Gasteiger partial charge is 0.311 e. The molecule has 0 aromatic carbocycles. The molecule has 0 saturated carbocycles. The summed E-state index contributed by atoms with van der Waals surface area (Å²) in [7, 11) is 0. The van der Waals surface area contributed by atoms with Gasteiger partial charge < -0.3 is 10.2 Å². The molecule has 0 unspecified atom stereocenters. The number of nitrogens with zero attached hydrogens (tertiary/aromatic N) is 4. The number of piperidine rings is 1. The molecule has 1 aliphatic heterocycles. The maximum Gasteiger partial charge on any atom is 0.0964 e. The summed E-state index contributed by atoms with van der Waals surface area (Å²) < 4.78 is 1.98. The van der Waals surface area contributed by atoms with E-state index in [1.165, 1.54) is 25.9 Å². The Hall–Kier alpha value is -0.940. The highest BCUT2D eigenvalue weighted by Crippen LogP contribution is 2.15. The smallest absolute Gasteiger partial charge is 0.0964 e. The fourth-order valence-corrected chi connectivity index (χ4v) is 2.55. The van der Waals surface area contributed by atoms with Gasteiger partial charge in [-0.2, -0.15) is 0 Å². The Labute approximate surface area is 122 Å². The van der Waals surface area contributed by atoms with Gasteiger partial charge in [0.05, 0.1) is 12.2 Å². The van der Waals surface area contributed by atoms with Crippen molar-refractivity contribution in [1.82, 2.24) is 25.2 Å². The second kappa shape index (κ2) is 7.74. The van der Waals surface area contributed by atoms with Crippen LogP contribution in [-0.4, -0.2) is 46.1 Å². The van der Waals surface area contributed by atoms with E-state index in [1.54, 1.807) is 0 Å². The Bertz CT molecular complexity index is 379. The third-order valence-corrected chi connectivity index (χ3v) is 3.97. The monoisotopic (exact) mass is 279 g/mol. The molecular formula is C15H29N5. The van der Waals surface area contributed by atoms with Gasteiger partial charge in [0.15, 0.2) is 0 Å². The lowest BCUT2D eigenvalue weighted by molar-refractivity contribution is 0.184. The van der Waals surface area contributed by atoms with Crippen molar-refractivity contribution in [2.24, 2.45) is 11.8 Å². The number of likely N-dealkylation sites (tertiary alicyclic amines) is 1. The van der Waals surface area contributed by atoms with Gasteiger partial charge in [-0.15, -0.1) is 5.10 Å². The van der Waals surface area contributed by atoms with E-state index in [4.69, 9.17) is 0 Å². The summed E-state index contributed by atoms with van der Waals surface area (Å²) in [5.41, 5.74) is 1.04. The fourth-order valence-electron chi connectivity index (χ4n) is 2.55. The van der Waals surface area contributed by atoms with Crippen molar-refractivity contribution in [2.45, 2.75) is 46.7 Å². The second-order valence-corrected chi connectivity index (χ2v) is 6.52. The number of hydrogen-bond donors (Lipinski definition) is 1. The highest BCUT2D eigenvalue weighted by atomic mass is 15.4. The molecule has 1 aromatic heterocycles. The van der Waals surface area contributed by atoms with Crippen LogP contribution in [0, 0.1) is 11.8 Å². The van der Waals surface area contributed by atoms with Gasteiger partial charge in [0.1, 0.15) is 0 Å². The van der Waals surface area contributed by atoms with Crippen molar-refractivity contribution in [3.05, 3.63) is 11.9 Å². The van der Waals surface area contributed by atoms with Crippen LogP contribution in [-0.2, 0) is 13.1 Å². The van der Waals surface area contributed by atoms with Crippen LogP contribution >= 0.6 is 0 Å². The van der Waals surface area contributed by atoms with E-state index in [1.807, 2.05) is 4.68 Å². The molecule has 1 fully saturated rings. The molecule has 20 heavy (non-hydrogen) atoms. The zero-order valence-electron chi connectivity index (χ0n) is 13.2. The van der Waals surface area contributed by atoms with Crippen LogP contribution in [0.15, 0.2) is 6.20 Å². The molecule has 0 bridgehead atoms. The van der Waals surface area contributed by atoms with Crippen molar-refractivity contribution in [3.8, 4) is 0 Å². The van der Waals surface area contributed by atoms with Gasteiger partial charge >= 0.3 is 0 Å². The van der Waals surface area contributed by atoms with Crippen LogP contribution in [0.4, 0.5) is 0 Å². The van der Waals surface area contributed by atoms with E-state index in [2.05, 4.69) is 47.5 Å². The van der Waals surface area contributed by atoms with Gasteiger partial charge in [0.2, 0.25) is 0 Å². The molecule has 0 aliphatic carbocycles. The van der Waals surface area contributed by atoms with Crippen LogP contribution < -0.4 is 5.32 Å². The Morgan fingerprint density at radius 3 is 2.75 bits per heavy atom. The summed E-state index contributed by atoms with van der Waals surface area (Å²) in [5.74, 6) is 1.57. The first-order valence-electron chi connectivity index (χ1n) is 7.95. The quantitative estimate of drug-likeness (QED) is 0.826. The predicted octanol–water partition coefficient (Wildman–Crippen LogP) is 1.76. The fraction of sp³-hybridized carbons (Fsp3) is 0.867. The number of hydrogen-bond acceptors (Lipinski definition) is 4. The van der Waals surface area contributed by atoms with Crippen molar-refractivity contribution >= 4 is 0 Å². The van der Waals surface area contributed by atoms with E-state index >= 15 is 0 Å². The molecule has 0 spiro atoms. The maximum absolute atomic E-state index is 4.22. The van der Waals surface area contributed by atoms with Gasteiger partial charge in [-0.05, 0) is 44.3 Å². The molecule has 1 aliphatic rings. The standard InChI is InChI=1S/C15H29N5/c1-13(2)10-16-11-15-12-20(18-17-15)9-8-19-6-4-14(3)5-7-19/h12-14,16H,4-11H2,1-3H3. The normalized spacial score (nSPS) is 18.0. The van der Waals surface area contributed by atoms with Crippen molar-refractivity contribution in [2.75, 3.05) is 26.2 Å². The Morgan fingerprint density at radius 2 is 2.05 bits per heavy atom. The molecule has 0 radical (unpaired) electrons. The van der Waals surface area contributed by atoms with E-state index in [-0.39, 0.29) is 0 Å².